The van der Waals surface area contributed by atoms with Gasteiger partial charge in [0.2, 0.25) is 0 Å². The van der Waals surface area contributed by atoms with E-state index in [1.54, 1.807) is 19.0 Å². The standard InChI is InChI=1S/C16H20N4O4S/c1-10-9-25-15-17-8-12(14(22)20(10)15)13(21)19-6-4-11(5-7-19)24-16(23)18(2)3/h8-9,11H,4-7H2,1-3H3. The predicted octanol–water partition coefficient (Wildman–Crippen LogP) is 1.37. The number of thiazole rings is 1. The second kappa shape index (κ2) is 6.83. The lowest BCUT2D eigenvalue weighted by Crippen LogP contribution is -2.44. The van der Waals surface area contributed by atoms with E-state index in [9.17, 15) is 14.4 Å². The van der Waals surface area contributed by atoms with Crippen LogP contribution in [0.2, 0.25) is 0 Å². The van der Waals surface area contributed by atoms with Crippen molar-refractivity contribution >= 4 is 28.3 Å². The van der Waals surface area contributed by atoms with Gasteiger partial charge in [-0.2, -0.15) is 0 Å². The predicted molar refractivity (Wildman–Crippen MR) is 93.2 cm³/mol. The number of ether oxygens (including phenoxy) is 1. The molecule has 0 spiro atoms. The van der Waals surface area contributed by atoms with E-state index in [1.165, 1.54) is 26.8 Å². The lowest BCUT2D eigenvalue weighted by Gasteiger charge is -2.32. The third kappa shape index (κ3) is 3.37. The fourth-order valence-electron chi connectivity index (χ4n) is 2.77. The molecule has 0 atom stereocenters. The Morgan fingerprint density at radius 2 is 2.00 bits per heavy atom. The van der Waals surface area contributed by atoms with Gasteiger partial charge in [-0.15, -0.1) is 11.3 Å². The number of aromatic nitrogens is 2. The number of likely N-dealkylation sites (tertiary alicyclic amines) is 1. The maximum Gasteiger partial charge on any atom is 0.409 e. The molecule has 3 heterocycles. The van der Waals surface area contributed by atoms with Crippen molar-refractivity contribution in [2.45, 2.75) is 25.9 Å². The highest BCUT2D eigenvalue weighted by Crippen LogP contribution is 2.17. The first-order valence-electron chi connectivity index (χ1n) is 8.01. The van der Waals surface area contributed by atoms with Crippen LogP contribution in [0.25, 0.3) is 4.96 Å². The Kier molecular flexibility index (Phi) is 4.76. The molecule has 25 heavy (non-hydrogen) atoms. The molecule has 134 valence electrons. The van der Waals surface area contributed by atoms with Crippen molar-refractivity contribution in [1.82, 2.24) is 19.2 Å². The average Bonchev–Trinajstić information content (AvgIpc) is 2.97. The Bertz CT molecular complexity index is 865. The van der Waals surface area contributed by atoms with E-state index < -0.39 is 0 Å². The van der Waals surface area contributed by atoms with Crippen LogP contribution in [0.15, 0.2) is 16.4 Å². The molecule has 0 aromatic carbocycles. The van der Waals surface area contributed by atoms with Crippen molar-refractivity contribution in [1.29, 1.82) is 0 Å². The maximum atomic E-state index is 12.7. The van der Waals surface area contributed by atoms with Crippen LogP contribution >= 0.6 is 11.3 Å². The van der Waals surface area contributed by atoms with Crippen molar-refractivity contribution in [2.24, 2.45) is 0 Å². The van der Waals surface area contributed by atoms with Gasteiger partial charge in [-0.25, -0.2) is 9.78 Å². The van der Waals surface area contributed by atoms with Crippen molar-refractivity contribution in [3.8, 4) is 0 Å². The highest BCUT2D eigenvalue weighted by atomic mass is 32.1. The van der Waals surface area contributed by atoms with E-state index in [2.05, 4.69) is 4.98 Å². The van der Waals surface area contributed by atoms with Gasteiger partial charge in [0.05, 0.1) is 0 Å². The van der Waals surface area contributed by atoms with Gasteiger partial charge in [0.1, 0.15) is 11.7 Å². The van der Waals surface area contributed by atoms with Crippen LogP contribution in [0.3, 0.4) is 0 Å². The summed E-state index contributed by atoms with van der Waals surface area (Å²) in [7, 11) is 3.26. The molecule has 0 radical (unpaired) electrons. The van der Waals surface area contributed by atoms with Crippen molar-refractivity contribution < 1.29 is 14.3 Å². The number of piperidine rings is 1. The fraction of sp³-hybridized carbons (Fsp3) is 0.500. The highest BCUT2D eigenvalue weighted by Gasteiger charge is 2.28. The normalized spacial score (nSPS) is 15.4. The molecule has 0 N–H and O–H groups in total. The number of hydrogen-bond donors (Lipinski definition) is 0. The molecule has 0 unspecified atom stereocenters. The first kappa shape index (κ1) is 17.4. The van der Waals surface area contributed by atoms with E-state index in [4.69, 9.17) is 4.74 Å². The number of aryl methyl sites for hydroxylation is 1. The molecule has 1 saturated heterocycles. The molecule has 2 amide bonds. The van der Waals surface area contributed by atoms with Gasteiger partial charge in [-0.1, -0.05) is 0 Å². The largest absolute Gasteiger partial charge is 0.446 e. The summed E-state index contributed by atoms with van der Waals surface area (Å²) >= 11 is 1.37. The molecule has 0 bridgehead atoms. The quantitative estimate of drug-likeness (QED) is 0.803. The zero-order valence-corrected chi connectivity index (χ0v) is 15.2. The molecule has 1 aliphatic heterocycles. The van der Waals surface area contributed by atoms with Gasteiger partial charge in [0.25, 0.3) is 11.5 Å². The zero-order valence-electron chi connectivity index (χ0n) is 14.4. The van der Waals surface area contributed by atoms with Gasteiger partial charge < -0.3 is 14.5 Å². The summed E-state index contributed by atoms with van der Waals surface area (Å²) in [5.74, 6) is -0.324. The molecule has 3 rings (SSSR count). The Morgan fingerprint density at radius 1 is 1.32 bits per heavy atom. The second-order valence-corrected chi connectivity index (χ2v) is 7.08. The molecular formula is C16H20N4O4S. The van der Waals surface area contributed by atoms with Crippen molar-refractivity contribution in [3.63, 3.8) is 0 Å². The number of nitrogens with zero attached hydrogens (tertiary/aromatic N) is 4. The van der Waals surface area contributed by atoms with E-state index >= 15 is 0 Å². The zero-order chi connectivity index (χ0) is 18.1. The summed E-state index contributed by atoms with van der Waals surface area (Å²) in [6.45, 7) is 2.69. The van der Waals surface area contributed by atoms with Crippen LogP contribution in [-0.4, -0.2) is 64.5 Å². The van der Waals surface area contributed by atoms with E-state index in [-0.39, 0.29) is 29.2 Å². The van der Waals surface area contributed by atoms with Gasteiger partial charge in [0.15, 0.2) is 4.96 Å². The fourth-order valence-corrected chi connectivity index (χ4v) is 3.59. The molecule has 9 heteroatoms. The van der Waals surface area contributed by atoms with Crippen LogP contribution in [-0.2, 0) is 4.74 Å². The SMILES string of the molecule is Cc1csc2ncc(C(=O)N3CCC(OC(=O)N(C)C)CC3)c(=O)n12. The molecule has 8 nitrogen and oxygen atoms in total. The van der Waals surface area contributed by atoms with Crippen molar-refractivity contribution in [2.75, 3.05) is 27.2 Å². The molecule has 2 aromatic heterocycles. The molecular weight excluding hydrogens is 344 g/mol. The third-order valence-electron chi connectivity index (χ3n) is 4.21. The Hall–Kier alpha value is -2.42. The smallest absolute Gasteiger partial charge is 0.409 e. The highest BCUT2D eigenvalue weighted by molar-refractivity contribution is 7.15. The average molecular weight is 364 g/mol. The summed E-state index contributed by atoms with van der Waals surface area (Å²) < 4.78 is 6.81. The number of amides is 2. The van der Waals surface area contributed by atoms with Crippen LogP contribution < -0.4 is 5.56 Å². The second-order valence-electron chi connectivity index (χ2n) is 6.24. The minimum Gasteiger partial charge on any atom is -0.446 e. The minimum atomic E-state index is -0.384. The van der Waals surface area contributed by atoms with Crippen LogP contribution in [0.5, 0.6) is 0 Å². The minimum absolute atomic E-state index is 0.0720. The Balaban J connectivity index is 1.71. The summed E-state index contributed by atoms with van der Waals surface area (Å²) in [5, 5.41) is 1.84. The molecule has 2 aromatic rings. The Morgan fingerprint density at radius 3 is 2.64 bits per heavy atom. The lowest BCUT2D eigenvalue weighted by molar-refractivity contribution is 0.0327. The number of fused-ring (bicyclic) bond motifs is 1. The molecule has 1 aliphatic rings. The van der Waals surface area contributed by atoms with E-state index in [0.717, 1.165) is 5.69 Å². The summed E-state index contributed by atoms with van der Waals surface area (Å²) in [6, 6.07) is 0. The van der Waals surface area contributed by atoms with Crippen LogP contribution in [0.1, 0.15) is 28.9 Å². The lowest BCUT2D eigenvalue weighted by atomic mass is 10.1. The van der Waals surface area contributed by atoms with Gasteiger partial charge in [-0.3, -0.25) is 14.0 Å². The summed E-state index contributed by atoms with van der Waals surface area (Å²) in [4.78, 5) is 44.7. The number of rotatable bonds is 2. The molecule has 1 fully saturated rings. The first-order chi connectivity index (χ1) is 11.9. The number of hydrogen-bond acceptors (Lipinski definition) is 6. The third-order valence-corrected chi connectivity index (χ3v) is 5.17. The monoisotopic (exact) mass is 364 g/mol. The topological polar surface area (TPSA) is 84.2 Å². The van der Waals surface area contributed by atoms with Gasteiger partial charge in [0, 0.05) is 57.3 Å². The van der Waals surface area contributed by atoms with Crippen LogP contribution in [0, 0.1) is 6.92 Å². The molecule has 0 aliphatic carbocycles. The van der Waals surface area contributed by atoms with Crippen LogP contribution in [0.4, 0.5) is 4.79 Å². The van der Waals surface area contributed by atoms with Gasteiger partial charge in [-0.05, 0) is 6.92 Å². The van der Waals surface area contributed by atoms with Gasteiger partial charge >= 0.3 is 6.09 Å². The Labute approximate surface area is 148 Å². The van der Waals surface area contributed by atoms with Crippen molar-refractivity contribution in [3.05, 3.63) is 33.2 Å². The number of carbonyl (C=O) groups excluding carboxylic acids is 2. The number of carbonyl (C=O) groups is 2. The van der Waals surface area contributed by atoms with E-state index in [1.807, 2.05) is 12.3 Å². The van der Waals surface area contributed by atoms with E-state index in [0.29, 0.717) is 30.9 Å². The maximum absolute atomic E-state index is 12.7. The summed E-state index contributed by atoms with van der Waals surface area (Å²) in [5.41, 5.74) is 0.499. The first-order valence-corrected chi connectivity index (χ1v) is 8.89. The summed E-state index contributed by atoms with van der Waals surface area (Å²) in [6.07, 6.45) is 1.87. The molecule has 0 saturated carbocycles.